The fourth-order valence-corrected chi connectivity index (χ4v) is 3.11. The minimum Gasteiger partial charge on any atom is -0.310 e. The molecule has 0 fully saturated rings. The second kappa shape index (κ2) is 8.43. The molecule has 0 saturated heterocycles. The first-order valence-corrected chi connectivity index (χ1v) is 8.18. The van der Waals surface area contributed by atoms with Gasteiger partial charge in [-0.25, -0.2) is 0 Å². The van der Waals surface area contributed by atoms with Crippen LogP contribution in [-0.2, 0) is 6.42 Å². The zero-order valence-electron chi connectivity index (χ0n) is 12.3. The molecule has 0 aliphatic carbocycles. The van der Waals surface area contributed by atoms with Crippen molar-refractivity contribution < 1.29 is 0 Å². The summed E-state index contributed by atoms with van der Waals surface area (Å²) in [5, 5.41) is 4.92. The van der Waals surface area contributed by atoms with Crippen LogP contribution in [0.1, 0.15) is 36.9 Å². The normalized spacial score (nSPS) is 12.3. The van der Waals surface area contributed by atoms with Crippen LogP contribution in [0.5, 0.6) is 0 Å². The molecule has 0 bridgehead atoms. The average molecular weight is 322 g/mol. The predicted octanol–water partition coefficient (Wildman–Crippen LogP) is 5.67. The largest absolute Gasteiger partial charge is 0.310 e. The smallest absolute Gasteiger partial charge is 0.0424 e. The lowest BCUT2D eigenvalue weighted by Crippen LogP contribution is -2.21. The Morgan fingerprint density at radius 3 is 2.29 bits per heavy atom. The molecule has 0 aliphatic rings. The third kappa shape index (κ3) is 5.35. The molecule has 0 aromatic heterocycles. The van der Waals surface area contributed by atoms with Gasteiger partial charge in [-0.15, -0.1) is 0 Å². The lowest BCUT2D eigenvalue weighted by Gasteiger charge is -2.19. The molecule has 21 heavy (non-hydrogen) atoms. The summed E-state index contributed by atoms with van der Waals surface area (Å²) in [5.74, 6) is 0. The van der Waals surface area contributed by atoms with Crippen molar-refractivity contribution in [2.24, 2.45) is 0 Å². The molecule has 112 valence electrons. The highest BCUT2D eigenvalue weighted by atomic mass is 35.5. The number of halogens is 2. The van der Waals surface area contributed by atoms with Gasteiger partial charge in [0.1, 0.15) is 0 Å². The number of nitrogens with one attached hydrogen (secondary N) is 1. The number of aryl methyl sites for hydroxylation is 1. The van der Waals surface area contributed by atoms with E-state index in [0.717, 1.165) is 25.8 Å². The topological polar surface area (TPSA) is 12.0 Å². The summed E-state index contributed by atoms with van der Waals surface area (Å²) in [6.07, 6.45) is 3.29. The van der Waals surface area contributed by atoms with Crippen LogP contribution >= 0.6 is 23.2 Å². The van der Waals surface area contributed by atoms with E-state index in [4.69, 9.17) is 23.2 Å². The van der Waals surface area contributed by atoms with Crippen molar-refractivity contribution in [3.63, 3.8) is 0 Å². The van der Waals surface area contributed by atoms with E-state index in [-0.39, 0.29) is 0 Å². The van der Waals surface area contributed by atoms with Crippen molar-refractivity contribution in [2.75, 3.05) is 6.54 Å². The molecule has 1 atom stereocenters. The van der Waals surface area contributed by atoms with Crippen molar-refractivity contribution in [1.82, 2.24) is 5.32 Å². The first kappa shape index (κ1) is 16.4. The van der Waals surface area contributed by atoms with Crippen molar-refractivity contribution in [3.05, 3.63) is 69.7 Å². The minimum absolute atomic E-state index is 0.301. The highest BCUT2D eigenvalue weighted by Crippen LogP contribution is 2.26. The maximum atomic E-state index is 6.11. The summed E-state index contributed by atoms with van der Waals surface area (Å²) in [7, 11) is 0. The summed E-state index contributed by atoms with van der Waals surface area (Å²) in [5.41, 5.74) is 2.55. The zero-order chi connectivity index (χ0) is 15.1. The monoisotopic (exact) mass is 321 g/mol. The molecule has 0 amide bonds. The van der Waals surface area contributed by atoms with Gasteiger partial charge in [0, 0.05) is 16.1 Å². The fourth-order valence-electron chi connectivity index (χ4n) is 2.56. The predicted molar refractivity (Wildman–Crippen MR) is 92.3 cm³/mol. The number of rotatable bonds is 7. The van der Waals surface area contributed by atoms with Gasteiger partial charge in [0.05, 0.1) is 0 Å². The summed E-state index contributed by atoms with van der Waals surface area (Å²) < 4.78 is 0. The van der Waals surface area contributed by atoms with Crippen molar-refractivity contribution in [1.29, 1.82) is 0 Å². The fraction of sp³-hybridized carbons (Fsp3) is 0.333. The van der Waals surface area contributed by atoms with Crippen LogP contribution in [0.3, 0.4) is 0 Å². The van der Waals surface area contributed by atoms with Gasteiger partial charge in [-0.1, -0.05) is 60.5 Å². The first-order valence-electron chi connectivity index (χ1n) is 7.42. The van der Waals surface area contributed by atoms with Gasteiger partial charge >= 0.3 is 0 Å². The molecule has 2 rings (SSSR count). The van der Waals surface area contributed by atoms with Crippen molar-refractivity contribution in [3.8, 4) is 0 Å². The Balaban J connectivity index is 1.98. The van der Waals surface area contributed by atoms with E-state index in [1.807, 2.05) is 12.1 Å². The molecule has 0 saturated carbocycles. The van der Waals surface area contributed by atoms with Crippen LogP contribution in [0.15, 0.2) is 48.5 Å². The standard InChI is InChI=1S/C18H21Cl2N/c1-2-21-18(15-11-16(19)13-17(20)12-15)10-6-9-14-7-4-3-5-8-14/h3-5,7-8,11-13,18,21H,2,6,9-10H2,1H3. The lowest BCUT2D eigenvalue weighted by atomic mass is 9.99. The van der Waals surface area contributed by atoms with Gasteiger partial charge in [-0.3, -0.25) is 0 Å². The van der Waals surface area contributed by atoms with Gasteiger partial charge in [0.2, 0.25) is 0 Å². The number of benzene rings is 2. The second-order valence-electron chi connectivity index (χ2n) is 5.19. The van der Waals surface area contributed by atoms with E-state index in [0.29, 0.717) is 16.1 Å². The third-order valence-electron chi connectivity index (χ3n) is 3.54. The van der Waals surface area contributed by atoms with Gasteiger partial charge in [-0.2, -0.15) is 0 Å². The maximum Gasteiger partial charge on any atom is 0.0424 e. The van der Waals surface area contributed by atoms with Crippen LogP contribution in [0, 0.1) is 0 Å². The van der Waals surface area contributed by atoms with Crippen molar-refractivity contribution in [2.45, 2.75) is 32.2 Å². The van der Waals surface area contributed by atoms with E-state index < -0.39 is 0 Å². The Kier molecular flexibility index (Phi) is 6.56. The second-order valence-corrected chi connectivity index (χ2v) is 6.06. The average Bonchev–Trinajstić information content (AvgIpc) is 2.46. The van der Waals surface area contributed by atoms with Gasteiger partial charge < -0.3 is 5.32 Å². The Labute approximate surface area is 137 Å². The van der Waals surface area contributed by atoms with E-state index in [2.05, 4.69) is 42.6 Å². The number of hydrogen-bond donors (Lipinski definition) is 1. The lowest BCUT2D eigenvalue weighted by molar-refractivity contribution is 0.498. The van der Waals surface area contributed by atoms with Crippen LogP contribution in [0.4, 0.5) is 0 Å². The molecule has 2 aromatic carbocycles. The summed E-state index contributed by atoms with van der Waals surface area (Å²) >= 11 is 12.2. The van der Waals surface area contributed by atoms with Crippen molar-refractivity contribution >= 4 is 23.2 Å². The quantitative estimate of drug-likeness (QED) is 0.693. The summed E-state index contributed by atoms with van der Waals surface area (Å²) in [6.45, 7) is 3.05. The molecule has 0 heterocycles. The molecule has 0 aliphatic heterocycles. The third-order valence-corrected chi connectivity index (χ3v) is 3.98. The zero-order valence-corrected chi connectivity index (χ0v) is 13.8. The molecule has 1 unspecified atom stereocenters. The van der Waals surface area contributed by atoms with Crippen LogP contribution < -0.4 is 5.32 Å². The molecular formula is C18H21Cl2N. The highest BCUT2D eigenvalue weighted by molar-refractivity contribution is 6.34. The Morgan fingerprint density at radius 2 is 1.67 bits per heavy atom. The molecule has 0 radical (unpaired) electrons. The van der Waals surface area contributed by atoms with E-state index >= 15 is 0 Å². The SMILES string of the molecule is CCNC(CCCc1ccccc1)c1cc(Cl)cc(Cl)c1. The van der Waals surface area contributed by atoms with Gasteiger partial charge in [0.25, 0.3) is 0 Å². The van der Waals surface area contributed by atoms with Gasteiger partial charge in [-0.05, 0) is 55.1 Å². The van der Waals surface area contributed by atoms with E-state index in [1.165, 1.54) is 11.1 Å². The summed E-state index contributed by atoms with van der Waals surface area (Å²) in [6, 6.07) is 16.7. The van der Waals surface area contributed by atoms with Gasteiger partial charge in [0.15, 0.2) is 0 Å². The van der Waals surface area contributed by atoms with Crippen LogP contribution in [0.25, 0.3) is 0 Å². The number of hydrogen-bond acceptors (Lipinski definition) is 1. The minimum atomic E-state index is 0.301. The molecule has 1 nitrogen and oxygen atoms in total. The molecule has 2 aromatic rings. The Hall–Kier alpha value is -1.02. The molecule has 3 heteroatoms. The van der Waals surface area contributed by atoms with E-state index in [1.54, 1.807) is 6.07 Å². The maximum absolute atomic E-state index is 6.11. The Bertz CT molecular complexity index is 534. The summed E-state index contributed by atoms with van der Waals surface area (Å²) in [4.78, 5) is 0. The Morgan fingerprint density at radius 1 is 1.00 bits per heavy atom. The highest BCUT2D eigenvalue weighted by Gasteiger charge is 2.11. The molecule has 1 N–H and O–H groups in total. The van der Waals surface area contributed by atoms with E-state index in [9.17, 15) is 0 Å². The first-order chi connectivity index (χ1) is 10.2. The molecular weight excluding hydrogens is 301 g/mol. The van der Waals surface area contributed by atoms with Crippen LogP contribution in [0.2, 0.25) is 10.0 Å². The molecule has 0 spiro atoms. The van der Waals surface area contributed by atoms with Crippen LogP contribution in [-0.4, -0.2) is 6.54 Å².